The Labute approximate surface area is 122 Å². The van der Waals surface area contributed by atoms with Crippen molar-refractivity contribution in [2.75, 3.05) is 13.1 Å². The molecule has 20 heavy (non-hydrogen) atoms. The van der Waals surface area contributed by atoms with E-state index in [-0.39, 0.29) is 5.41 Å². The second-order valence-corrected chi connectivity index (χ2v) is 7.86. The van der Waals surface area contributed by atoms with Crippen molar-refractivity contribution in [2.45, 2.75) is 44.6 Å². The lowest BCUT2D eigenvalue weighted by atomic mass is 9.79. The van der Waals surface area contributed by atoms with Gasteiger partial charge in [-0.15, -0.1) is 0 Å². The largest absolute Gasteiger partial charge is 0.326 e. The first kappa shape index (κ1) is 15.5. The van der Waals surface area contributed by atoms with E-state index in [1.165, 1.54) is 0 Å². The number of hydrogen-bond acceptors (Lipinski definition) is 3. The molecule has 4 nitrogen and oxygen atoms in total. The molecule has 1 aliphatic rings. The van der Waals surface area contributed by atoms with Crippen LogP contribution >= 0.6 is 0 Å². The predicted octanol–water partition coefficient (Wildman–Crippen LogP) is 2.35. The molecule has 0 bridgehead atoms. The monoisotopic (exact) mass is 296 g/mol. The quantitative estimate of drug-likeness (QED) is 0.927. The average Bonchev–Trinajstić information content (AvgIpc) is 2.48. The van der Waals surface area contributed by atoms with Gasteiger partial charge in [0.25, 0.3) is 0 Å². The molecular weight excluding hydrogens is 272 g/mol. The van der Waals surface area contributed by atoms with E-state index in [4.69, 9.17) is 5.73 Å². The normalized spacial score (nSPS) is 19.9. The summed E-state index contributed by atoms with van der Waals surface area (Å²) in [5.41, 5.74) is 6.72. The fourth-order valence-corrected chi connectivity index (χ4v) is 4.11. The fourth-order valence-electron chi connectivity index (χ4n) is 2.60. The molecule has 1 heterocycles. The van der Waals surface area contributed by atoms with E-state index < -0.39 is 10.0 Å². The Morgan fingerprint density at radius 3 is 2.50 bits per heavy atom. The highest BCUT2D eigenvalue weighted by Crippen LogP contribution is 2.35. The minimum atomic E-state index is -3.38. The highest BCUT2D eigenvalue weighted by Gasteiger charge is 2.34. The van der Waals surface area contributed by atoms with Crippen molar-refractivity contribution in [1.82, 2.24) is 4.31 Å². The lowest BCUT2D eigenvalue weighted by molar-refractivity contribution is 0.169. The first-order valence-corrected chi connectivity index (χ1v) is 8.64. The van der Waals surface area contributed by atoms with Gasteiger partial charge in [0.1, 0.15) is 0 Å². The molecule has 0 aliphatic carbocycles. The summed E-state index contributed by atoms with van der Waals surface area (Å²) >= 11 is 0. The van der Waals surface area contributed by atoms with E-state index in [0.29, 0.717) is 24.5 Å². The minimum Gasteiger partial charge on any atom is -0.326 e. The van der Waals surface area contributed by atoms with Crippen molar-refractivity contribution in [3.05, 3.63) is 29.8 Å². The molecule has 1 fully saturated rings. The SMILES string of the molecule is CCC1(C)CCN(S(=O)(=O)c2cccc(CN)c2)CC1. The molecule has 1 aliphatic heterocycles. The number of nitrogens with zero attached hydrogens (tertiary/aromatic N) is 1. The summed E-state index contributed by atoms with van der Waals surface area (Å²) in [7, 11) is -3.38. The maximum Gasteiger partial charge on any atom is 0.243 e. The first-order valence-electron chi connectivity index (χ1n) is 7.20. The van der Waals surface area contributed by atoms with Crippen LogP contribution in [0.3, 0.4) is 0 Å². The number of sulfonamides is 1. The van der Waals surface area contributed by atoms with E-state index in [0.717, 1.165) is 24.8 Å². The first-order chi connectivity index (χ1) is 9.41. The summed E-state index contributed by atoms with van der Waals surface area (Å²) in [5.74, 6) is 0. The molecule has 2 N–H and O–H groups in total. The number of piperidine rings is 1. The Balaban J connectivity index is 2.19. The Hall–Kier alpha value is -0.910. The van der Waals surface area contributed by atoms with Crippen molar-refractivity contribution in [3.63, 3.8) is 0 Å². The van der Waals surface area contributed by atoms with Crippen LogP contribution in [0.4, 0.5) is 0 Å². The van der Waals surface area contributed by atoms with Crippen LogP contribution in [0.5, 0.6) is 0 Å². The van der Waals surface area contributed by atoms with Gasteiger partial charge in [-0.3, -0.25) is 0 Å². The Bertz CT molecular complexity index is 561. The van der Waals surface area contributed by atoms with E-state index in [1.54, 1.807) is 22.5 Å². The summed E-state index contributed by atoms with van der Waals surface area (Å²) in [5, 5.41) is 0. The molecule has 0 atom stereocenters. The molecule has 0 radical (unpaired) electrons. The van der Waals surface area contributed by atoms with Gasteiger partial charge in [0.2, 0.25) is 10.0 Å². The van der Waals surface area contributed by atoms with Gasteiger partial charge in [0, 0.05) is 19.6 Å². The van der Waals surface area contributed by atoms with Crippen LogP contribution in [0.2, 0.25) is 0 Å². The summed E-state index contributed by atoms with van der Waals surface area (Å²) in [6.07, 6.45) is 2.96. The van der Waals surface area contributed by atoms with Gasteiger partial charge in [-0.2, -0.15) is 4.31 Å². The van der Waals surface area contributed by atoms with Crippen LogP contribution in [0.1, 0.15) is 38.7 Å². The summed E-state index contributed by atoms with van der Waals surface area (Å²) < 4.78 is 26.9. The van der Waals surface area contributed by atoms with Crippen molar-refractivity contribution in [1.29, 1.82) is 0 Å². The van der Waals surface area contributed by atoms with E-state index in [1.807, 2.05) is 6.07 Å². The van der Waals surface area contributed by atoms with Crippen molar-refractivity contribution in [2.24, 2.45) is 11.1 Å². The summed E-state index contributed by atoms with van der Waals surface area (Å²) in [6, 6.07) is 6.95. The predicted molar refractivity (Wildman–Crippen MR) is 80.7 cm³/mol. The number of nitrogens with two attached hydrogens (primary N) is 1. The molecule has 0 saturated carbocycles. The molecule has 2 rings (SSSR count). The highest BCUT2D eigenvalue weighted by molar-refractivity contribution is 7.89. The Morgan fingerprint density at radius 1 is 1.30 bits per heavy atom. The third-order valence-electron chi connectivity index (χ3n) is 4.55. The van der Waals surface area contributed by atoms with Crippen molar-refractivity contribution >= 4 is 10.0 Å². The van der Waals surface area contributed by atoms with Crippen molar-refractivity contribution < 1.29 is 8.42 Å². The molecule has 0 unspecified atom stereocenters. The molecule has 112 valence electrons. The van der Waals surface area contributed by atoms with Gasteiger partial charge in [0.05, 0.1) is 4.90 Å². The molecule has 5 heteroatoms. The molecule has 0 amide bonds. The number of benzene rings is 1. The van der Waals surface area contributed by atoms with Gasteiger partial charge in [-0.1, -0.05) is 32.4 Å². The van der Waals surface area contributed by atoms with Crippen LogP contribution in [0.25, 0.3) is 0 Å². The van der Waals surface area contributed by atoms with Crippen LogP contribution in [-0.4, -0.2) is 25.8 Å². The molecule has 1 aromatic carbocycles. The fraction of sp³-hybridized carbons (Fsp3) is 0.600. The second-order valence-electron chi connectivity index (χ2n) is 5.92. The van der Waals surface area contributed by atoms with Crippen LogP contribution in [0.15, 0.2) is 29.2 Å². The minimum absolute atomic E-state index is 0.283. The third kappa shape index (κ3) is 3.05. The maximum absolute atomic E-state index is 12.6. The highest BCUT2D eigenvalue weighted by atomic mass is 32.2. The Morgan fingerprint density at radius 2 is 1.95 bits per heavy atom. The smallest absolute Gasteiger partial charge is 0.243 e. The van der Waals surface area contributed by atoms with Gasteiger partial charge < -0.3 is 5.73 Å². The zero-order valence-electron chi connectivity index (χ0n) is 12.3. The molecule has 1 saturated heterocycles. The third-order valence-corrected chi connectivity index (χ3v) is 6.45. The van der Waals surface area contributed by atoms with Crippen LogP contribution in [-0.2, 0) is 16.6 Å². The topological polar surface area (TPSA) is 63.4 Å². The molecule has 1 aromatic rings. The zero-order valence-corrected chi connectivity index (χ0v) is 13.1. The van der Waals surface area contributed by atoms with Gasteiger partial charge in [-0.05, 0) is 36.0 Å². The zero-order chi connectivity index (χ0) is 14.8. The molecular formula is C15H24N2O2S. The lowest BCUT2D eigenvalue weighted by Crippen LogP contribution is -2.41. The van der Waals surface area contributed by atoms with Crippen LogP contribution in [0, 0.1) is 5.41 Å². The number of rotatable bonds is 4. The van der Waals surface area contributed by atoms with Crippen molar-refractivity contribution in [3.8, 4) is 0 Å². The van der Waals surface area contributed by atoms with Crippen LogP contribution < -0.4 is 5.73 Å². The second kappa shape index (κ2) is 5.84. The Kier molecular flexibility index (Phi) is 4.52. The molecule has 0 spiro atoms. The van der Waals surface area contributed by atoms with E-state index >= 15 is 0 Å². The lowest BCUT2D eigenvalue weighted by Gasteiger charge is -2.38. The maximum atomic E-state index is 12.6. The van der Waals surface area contributed by atoms with Gasteiger partial charge in [-0.25, -0.2) is 8.42 Å². The molecule has 0 aromatic heterocycles. The van der Waals surface area contributed by atoms with Gasteiger partial charge in [0.15, 0.2) is 0 Å². The van der Waals surface area contributed by atoms with E-state index in [9.17, 15) is 8.42 Å². The number of hydrogen-bond donors (Lipinski definition) is 1. The summed E-state index contributed by atoms with van der Waals surface area (Å²) in [6.45, 7) is 6.00. The average molecular weight is 296 g/mol. The summed E-state index contributed by atoms with van der Waals surface area (Å²) in [4.78, 5) is 0.362. The standard InChI is InChI=1S/C15H24N2O2S/c1-3-15(2)7-9-17(10-8-15)20(18,19)14-6-4-5-13(11-14)12-16/h4-6,11H,3,7-10,12,16H2,1-2H3. The van der Waals surface area contributed by atoms with Gasteiger partial charge >= 0.3 is 0 Å². The van der Waals surface area contributed by atoms with E-state index in [2.05, 4.69) is 13.8 Å².